The summed E-state index contributed by atoms with van der Waals surface area (Å²) in [7, 11) is 0. The molecule has 29 heavy (non-hydrogen) atoms. The quantitative estimate of drug-likeness (QED) is 0.389. The molecule has 2 aromatic heterocycles. The van der Waals surface area contributed by atoms with E-state index in [4.69, 9.17) is 28.0 Å². The van der Waals surface area contributed by atoms with Gasteiger partial charge in [0.25, 0.3) is 0 Å². The number of nitrogens with zero attached hydrogens (tertiary/aromatic N) is 3. The molecule has 0 aliphatic rings. The molecule has 0 saturated heterocycles. The molecule has 9 heteroatoms. The Labute approximate surface area is 173 Å². The lowest BCUT2D eigenvalue weighted by Crippen LogP contribution is -2.13. The molecule has 0 atom stereocenters. The first-order valence-corrected chi connectivity index (χ1v) is 9.17. The highest BCUT2D eigenvalue weighted by atomic mass is 35.5. The van der Waals surface area contributed by atoms with E-state index in [9.17, 15) is 13.2 Å². The van der Waals surface area contributed by atoms with Crippen LogP contribution in [0.5, 0.6) is 0 Å². The number of pyridine rings is 1. The van der Waals surface area contributed by atoms with E-state index in [1.807, 2.05) is 0 Å². The maximum Gasteiger partial charge on any atom is 0.416 e. The largest absolute Gasteiger partial charge is 0.416 e. The van der Waals surface area contributed by atoms with Crippen LogP contribution < -0.4 is 4.84 Å². The lowest BCUT2D eigenvalue weighted by atomic mass is 10.1. The van der Waals surface area contributed by atoms with Gasteiger partial charge in [-0.05, 0) is 48.0 Å². The average Bonchev–Trinajstić information content (AvgIpc) is 3.04. The Balaban J connectivity index is 1.74. The summed E-state index contributed by atoms with van der Waals surface area (Å²) in [6.45, 7) is -0.109. The van der Waals surface area contributed by atoms with Crippen molar-refractivity contribution in [2.45, 2.75) is 12.8 Å². The highest BCUT2D eigenvalue weighted by molar-refractivity contribution is 6.36. The Kier molecular flexibility index (Phi) is 5.10. The van der Waals surface area contributed by atoms with E-state index in [0.29, 0.717) is 38.2 Å². The van der Waals surface area contributed by atoms with E-state index >= 15 is 0 Å². The highest BCUT2D eigenvalue weighted by Gasteiger charge is 2.30. The van der Waals surface area contributed by atoms with Crippen molar-refractivity contribution in [2.24, 2.45) is 0 Å². The molecule has 0 spiro atoms. The minimum Gasteiger partial charge on any atom is -0.407 e. The van der Waals surface area contributed by atoms with E-state index in [2.05, 4.69) is 9.97 Å². The molecular weight excluding hydrogens is 426 g/mol. The highest BCUT2D eigenvalue weighted by Crippen LogP contribution is 2.32. The molecule has 148 valence electrons. The monoisotopic (exact) mass is 437 g/mol. The molecule has 2 aromatic carbocycles. The van der Waals surface area contributed by atoms with Crippen LogP contribution in [-0.4, -0.2) is 14.7 Å². The molecule has 0 fully saturated rings. The van der Waals surface area contributed by atoms with E-state index in [-0.39, 0.29) is 6.61 Å². The Bertz CT molecular complexity index is 1190. The van der Waals surface area contributed by atoms with Crippen molar-refractivity contribution < 1.29 is 18.0 Å². The van der Waals surface area contributed by atoms with Gasteiger partial charge in [0.05, 0.1) is 10.6 Å². The van der Waals surface area contributed by atoms with Gasteiger partial charge in [-0.1, -0.05) is 35.3 Å². The van der Waals surface area contributed by atoms with Crippen LogP contribution in [0.25, 0.3) is 22.6 Å². The zero-order chi connectivity index (χ0) is 20.6. The number of alkyl halides is 3. The topological polar surface area (TPSA) is 39.9 Å². The van der Waals surface area contributed by atoms with Crippen molar-refractivity contribution >= 4 is 34.4 Å². The van der Waals surface area contributed by atoms with Crippen LogP contribution in [0.2, 0.25) is 10.0 Å². The number of fused-ring (bicyclic) bond motifs is 1. The van der Waals surface area contributed by atoms with E-state index in [1.54, 1.807) is 42.6 Å². The number of aromatic nitrogens is 3. The normalized spacial score (nSPS) is 11.8. The molecule has 0 amide bonds. The van der Waals surface area contributed by atoms with Crippen molar-refractivity contribution in [3.63, 3.8) is 0 Å². The first kappa shape index (κ1) is 19.5. The van der Waals surface area contributed by atoms with Crippen molar-refractivity contribution in [1.82, 2.24) is 14.7 Å². The number of halogens is 5. The fraction of sp³-hybridized carbons (Fsp3) is 0.100. The molecule has 4 rings (SSSR count). The standard InChI is InChI=1S/C20H12Cl2F3N3O/c21-14-6-7-15(16(22)10-14)19-27-18-17(5-2-8-26-18)28(19)29-11-12-3-1-4-13(9-12)20(23,24)25/h1-10H,11H2. The summed E-state index contributed by atoms with van der Waals surface area (Å²) in [6.07, 6.45) is -2.84. The molecule has 0 saturated carbocycles. The third-order valence-corrected chi connectivity index (χ3v) is 4.72. The van der Waals surface area contributed by atoms with E-state index in [0.717, 1.165) is 12.1 Å². The summed E-state index contributed by atoms with van der Waals surface area (Å²) in [6, 6.07) is 13.3. The summed E-state index contributed by atoms with van der Waals surface area (Å²) >= 11 is 12.3. The van der Waals surface area contributed by atoms with E-state index < -0.39 is 11.7 Å². The number of hydrogen-bond acceptors (Lipinski definition) is 3. The van der Waals surface area contributed by atoms with Crippen molar-refractivity contribution in [1.29, 1.82) is 0 Å². The van der Waals surface area contributed by atoms with Gasteiger partial charge in [0, 0.05) is 16.8 Å². The van der Waals surface area contributed by atoms with Gasteiger partial charge in [-0.3, -0.25) is 0 Å². The second-order valence-electron chi connectivity index (χ2n) is 6.17. The molecule has 2 heterocycles. The zero-order valence-corrected chi connectivity index (χ0v) is 16.1. The van der Waals surface area contributed by atoms with Crippen LogP contribution >= 0.6 is 23.2 Å². The van der Waals surface area contributed by atoms with Crippen molar-refractivity contribution in [3.8, 4) is 11.4 Å². The van der Waals surface area contributed by atoms with Gasteiger partial charge in [0.2, 0.25) is 0 Å². The van der Waals surface area contributed by atoms with E-state index in [1.165, 1.54) is 10.8 Å². The molecule has 0 radical (unpaired) electrons. The molecule has 0 N–H and O–H groups in total. The first-order chi connectivity index (χ1) is 13.8. The molecule has 0 aliphatic carbocycles. The Hall–Kier alpha value is -2.77. The summed E-state index contributed by atoms with van der Waals surface area (Å²) in [5.74, 6) is 0.368. The van der Waals surface area contributed by atoms with Gasteiger partial charge < -0.3 is 4.84 Å². The van der Waals surface area contributed by atoms with Crippen LogP contribution in [0.15, 0.2) is 60.8 Å². The van der Waals surface area contributed by atoms with Gasteiger partial charge in [0.1, 0.15) is 12.1 Å². The van der Waals surface area contributed by atoms with Gasteiger partial charge >= 0.3 is 6.18 Å². The lowest BCUT2D eigenvalue weighted by Gasteiger charge is -2.13. The summed E-state index contributed by atoms with van der Waals surface area (Å²) < 4.78 is 40.3. The average molecular weight is 438 g/mol. The van der Waals surface area contributed by atoms with Crippen molar-refractivity contribution in [2.75, 3.05) is 0 Å². The van der Waals surface area contributed by atoms with Crippen LogP contribution in [0.3, 0.4) is 0 Å². The summed E-state index contributed by atoms with van der Waals surface area (Å²) in [5, 5.41) is 0.821. The molecule has 4 nitrogen and oxygen atoms in total. The second kappa shape index (κ2) is 7.57. The third kappa shape index (κ3) is 4.02. The lowest BCUT2D eigenvalue weighted by molar-refractivity contribution is -0.137. The fourth-order valence-corrected chi connectivity index (χ4v) is 3.33. The predicted molar refractivity (Wildman–Crippen MR) is 105 cm³/mol. The number of benzene rings is 2. The minimum absolute atomic E-state index is 0.109. The Morgan fingerprint density at radius 3 is 2.59 bits per heavy atom. The van der Waals surface area contributed by atoms with Gasteiger partial charge in [-0.25, -0.2) is 9.97 Å². The van der Waals surface area contributed by atoms with Crippen molar-refractivity contribution in [3.05, 3.63) is 82.0 Å². The van der Waals surface area contributed by atoms with Gasteiger partial charge in [0.15, 0.2) is 11.5 Å². The second-order valence-corrected chi connectivity index (χ2v) is 7.02. The maximum absolute atomic E-state index is 13.0. The molecular formula is C20H12Cl2F3N3O. The van der Waals surface area contributed by atoms with Crippen LogP contribution in [0, 0.1) is 0 Å². The molecule has 0 aliphatic heterocycles. The smallest absolute Gasteiger partial charge is 0.407 e. The third-order valence-electron chi connectivity index (χ3n) is 4.18. The number of hydrogen-bond donors (Lipinski definition) is 0. The number of imidazole rings is 1. The molecule has 0 unspecified atom stereocenters. The number of rotatable bonds is 4. The predicted octanol–water partition coefficient (Wildman–Crippen LogP) is 6.05. The minimum atomic E-state index is -4.43. The SMILES string of the molecule is FC(F)(F)c1cccc(COn2c(-c3ccc(Cl)cc3Cl)nc3ncccc32)c1. The first-order valence-electron chi connectivity index (χ1n) is 8.41. The van der Waals surface area contributed by atoms with Gasteiger partial charge in [-0.2, -0.15) is 17.9 Å². The fourth-order valence-electron chi connectivity index (χ4n) is 2.84. The maximum atomic E-state index is 13.0. The Morgan fingerprint density at radius 2 is 1.83 bits per heavy atom. The summed E-state index contributed by atoms with van der Waals surface area (Å²) in [5.41, 5.74) is 1.15. The zero-order valence-electron chi connectivity index (χ0n) is 14.6. The van der Waals surface area contributed by atoms with Crippen LogP contribution in [-0.2, 0) is 12.8 Å². The Morgan fingerprint density at radius 1 is 1.00 bits per heavy atom. The van der Waals surface area contributed by atoms with Crippen LogP contribution in [0.1, 0.15) is 11.1 Å². The molecule has 4 aromatic rings. The van der Waals surface area contributed by atoms with Crippen LogP contribution in [0.4, 0.5) is 13.2 Å². The molecule has 0 bridgehead atoms. The van der Waals surface area contributed by atoms with Gasteiger partial charge in [-0.15, -0.1) is 0 Å². The summed E-state index contributed by atoms with van der Waals surface area (Å²) in [4.78, 5) is 14.5.